The van der Waals surface area contributed by atoms with Crippen LogP contribution in [0, 0.1) is 16.7 Å². The second kappa shape index (κ2) is 8.19. The van der Waals surface area contributed by atoms with Gasteiger partial charge in [0.05, 0.1) is 12.6 Å². The Balaban J connectivity index is 1.51. The summed E-state index contributed by atoms with van der Waals surface area (Å²) in [6.07, 6.45) is 3.90. The van der Waals surface area contributed by atoms with Gasteiger partial charge < -0.3 is 10.2 Å². The zero-order valence-electron chi connectivity index (χ0n) is 18.9. The van der Waals surface area contributed by atoms with E-state index in [0.29, 0.717) is 24.5 Å². The minimum atomic E-state index is 0.0318. The molecule has 4 atom stereocenters. The fraction of sp³-hybridized carbons (Fsp3) is 0.519. The Bertz CT molecular complexity index is 858. The summed E-state index contributed by atoms with van der Waals surface area (Å²) in [5, 5.41) is 3.72. The summed E-state index contributed by atoms with van der Waals surface area (Å²) in [5.74, 6) is 0.955. The number of carbonyl (C=O) groups excluding carboxylic acids is 1. The maximum atomic E-state index is 13.5. The predicted molar refractivity (Wildman–Crippen MR) is 123 cm³/mol. The average Bonchev–Trinajstić information content (AvgIpc) is 3.23. The van der Waals surface area contributed by atoms with Gasteiger partial charge in [0.2, 0.25) is 5.91 Å². The van der Waals surface area contributed by atoms with Crippen molar-refractivity contribution in [3.63, 3.8) is 0 Å². The number of carbonyl (C=O) groups is 1. The number of nitrogens with zero attached hydrogens (tertiary/aromatic N) is 1. The Hall–Kier alpha value is -2.13. The minimum absolute atomic E-state index is 0.0318. The van der Waals surface area contributed by atoms with E-state index < -0.39 is 0 Å². The second-order valence-corrected chi connectivity index (χ2v) is 10.3. The summed E-state index contributed by atoms with van der Waals surface area (Å²) in [5.41, 5.74) is 2.92. The maximum Gasteiger partial charge on any atom is 0.237 e. The lowest BCUT2D eigenvalue weighted by Gasteiger charge is -2.43. The van der Waals surface area contributed by atoms with Crippen LogP contribution in [0.4, 0.5) is 0 Å². The molecule has 2 saturated carbocycles. The number of nitrogens with one attached hydrogen (secondary N) is 1. The minimum Gasteiger partial charge on any atom is -0.331 e. The van der Waals surface area contributed by atoms with Gasteiger partial charge in [0.15, 0.2) is 0 Å². The fourth-order valence-electron chi connectivity index (χ4n) is 6.24. The molecule has 30 heavy (non-hydrogen) atoms. The molecule has 1 N–H and O–H groups in total. The van der Waals surface area contributed by atoms with Crippen molar-refractivity contribution in [2.75, 3.05) is 6.54 Å². The van der Waals surface area contributed by atoms with E-state index >= 15 is 0 Å². The molecule has 2 fully saturated rings. The van der Waals surface area contributed by atoms with Crippen LogP contribution in [0.5, 0.6) is 0 Å². The smallest absolute Gasteiger partial charge is 0.237 e. The summed E-state index contributed by atoms with van der Waals surface area (Å²) in [4.78, 5) is 15.5. The standard InChI is InChI=1S/C27H36N2O/c1-20(22-13-9-6-10-14-22)29(19-21-11-7-5-8-12-21)24(30)18-28-25-26(2,3)23-15-16-27(25,4)17-23/h5-14,20,23,25,28H,15-19H2,1-4H3/t20-,23?,25?,27?/m1/s1. The molecular weight excluding hydrogens is 368 g/mol. The highest BCUT2D eigenvalue weighted by Crippen LogP contribution is 2.62. The van der Waals surface area contributed by atoms with E-state index in [0.717, 1.165) is 5.92 Å². The van der Waals surface area contributed by atoms with Crippen molar-refractivity contribution in [3.05, 3.63) is 71.8 Å². The number of benzene rings is 2. The van der Waals surface area contributed by atoms with Gasteiger partial charge in [-0.25, -0.2) is 0 Å². The van der Waals surface area contributed by atoms with E-state index in [1.54, 1.807) is 0 Å². The second-order valence-electron chi connectivity index (χ2n) is 10.3. The van der Waals surface area contributed by atoms with Crippen LogP contribution in [-0.4, -0.2) is 23.4 Å². The van der Waals surface area contributed by atoms with Crippen LogP contribution < -0.4 is 5.32 Å². The predicted octanol–water partition coefficient (Wildman–Crippen LogP) is 5.58. The van der Waals surface area contributed by atoms with Gasteiger partial charge in [-0.2, -0.15) is 0 Å². The van der Waals surface area contributed by atoms with Gasteiger partial charge in [-0.1, -0.05) is 81.4 Å². The van der Waals surface area contributed by atoms with Gasteiger partial charge in [-0.05, 0) is 54.1 Å². The summed E-state index contributed by atoms with van der Waals surface area (Å²) >= 11 is 0. The molecule has 2 aliphatic rings. The first-order valence-electron chi connectivity index (χ1n) is 11.4. The molecule has 2 aliphatic carbocycles. The fourth-order valence-corrected chi connectivity index (χ4v) is 6.24. The molecular formula is C27H36N2O. The quantitative estimate of drug-likeness (QED) is 0.653. The lowest BCUT2D eigenvalue weighted by molar-refractivity contribution is -0.133. The van der Waals surface area contributed by atoms with Gasteiger partial charge in [-0.15, -0.1) is 0 Å². The molecule has 0 saturated heterocycles. The summed E-state index contributed by atoms with van der Waals surface area (Å²) in [7, 11) is 0. The van der Waals surface area contributed by atoms with Gasteiger partial charge in [0, 0.05) is 12.6 Å². The Labute approximate surface area is 181 Å². The molecule has 0 spiro atoms. The van der Waals surface area contributed by atoms with Crippen LogP contribution in [0.15, 0.2) is 60.7 Å². The highest BCUT2D eigenvalue weighted by atomic mass is 16.2. The molecule has 0 heterocycles. The van der Waals surface area contributed by atoms with Crippen LogP contribution in [0.2, 0.25) is 0 Å². The third-order valence-electron chi connectivity index (χ3n) is 7.99. The summed E-state index contributed by atoms with van der Waals surface area (Å²) in [6, 6.07) is 21.1. The highest BCUT2D eigenvalue weighted by molar-refractivity contribution is 5.79. The van der Waals surface area contributed by atoms with Crippen LogP contribution in [0.25, 0.3) is 0 Å². The third kappa shape index (κ3) is 3.92. The van der Waals surface area contributed by atoms with Crippen molar-refractivity contribution in [1.82, 2.24) is 10.2 Å². The van der Waals surface area contributed by atoms with Gasteiger partial charge >= 0.3 is 0 Å². The molecule has 4 rings (SSSR count). The van der Waals surface area contributed by atoms with Crippen molar-refractivity contribution in [2.45, 2.75) is 65.6 Å². The Morgan fingerprint density at radius 3 is 2.30 bits per heavy atom. The van der Waals surface area contributed by atoms with Crippen molar-refractivity contribution in [3.8, 4) is 0 Å². The van der Waals surface area contributed by atoms with E-state index in [-0.39, 0.29) is 17.4 Å². The lowest BCUT2D eigenvalue weighted by Crippen LogP contribution is -2.53. The third-order valence-corrected chi connectivity index (χ3v) is 7.99. The first-order valence-corrected chi connectivity index (χ1v) is 11.4. The molecule has 3 nitrogen and oxygen atoms in total. The van der Waals surface area contributed by atoms with E-state index in [2.05, 4.69) is 57.3 Å². The van der Waals surface area contributed by atoms with Crippen LogP contribution >= 0.6 is 0 Å². The van der Waals surface area contributed by atoms with Crippen molar-refractivity contribution in [2.24, 2.45) is 16.7 Å². The molecule has 3 unspecified atom stereocenters. The van der Waals surface area contributed by atoms with Crippen molar-refractivity contribution < 1.29 is 4.79 Å². The zero-order valence-corrected chi connectivity index (χ0v) is 18.9. The van der Waals surface area contributed by atoms with Crippen molar-refractivity contribution in [1.29, 1.82) is 0 Å². The molecule has 0 aromatic heterocycles. The molecule has 2 bridgehead atoms. The van der Waals surface area contributed by atoms with E-state index in [1.165, 1.54) is 30.4 Å². The van der Waals surface area contributed by atoms with Gasteiger partial charge in [0.1, 0.15) is 0 Å². The molecule has 1 amide bonds. The summed E-state index contributed by atoms with van der Waals surface area (Å²) < 4.78 is 0. The number of hydrogen-bond donors (Lipinski definition) is 1. The zero-order chi connectivity index (χ0) is 21.4. The van der Waals surface area contributed by atoms with Crippen LogP contribution in [0.3, 0.4) is 0 Å². The SMILES string of the molecule is C[C@H](c1ccccc1)N(Cc1ccccc1)C(=O)CNC1C2(C)CCC(C2)C1(C)C. The molecule has 160 valence electrons. The number of rotatable bonds is 7. The highest BCUT2D eigenvalue weighted by Gasteiger charge is 2.59. The molecule has 2 aromatic rings. The lowest BCUT2D eigenvalue weighted by atomic mass is 9.68. The van der Waals surface area contributed by atoms with Gasteiger partial charge in [0.25, 0.3) is 0 Å². The average molecular weight is 405 g/mol. The first kappa shape index (κ1) is 21.1. The Kier molecular flexibility index (Phi) is 5.76. The number of hydrogen-bond acceptors (Lipinski definition) is 2. The molecule has 0 radical (unpaired) electrons. The van der Waals surface area contributed by atoms with Crippen molar-refractivity contribution >= 4 is 5.91 Å². The molecule has 3 heteroatoms. The van der Waals surface area contributed by atoms with E-state index in [9.17, 15) is 4.79 Å². The monoisotopic (exact) mass is 404 g/mol. The van der Waals surface area contributed by atoms with E-state index in [1.807, 2.05) is 41.3 Å². The first-order chi connectivity index (χ1) is 14.3. The largest absolute Gasteiger partial charge is 0.331 e. The Morgan fingerprint density at radius 2 is 1.70 bits per heavy atom. The van der Waals surface area contributed by atoms with Gasteiger partial charge in [-0.3, -0.25) is 4.79 Å². The maximum absolute atomic E-state index is 13.5. The number of fused-ring (bicyclic) bond motifs is 2. The number of amides is 1. The topological polar surface area (TPSA) is 32.3 Å². The van der Waals surface area contributed by atoms with E-state index in [4.69, 9.17) is 0 Å². The Morgan fingerprint density at radius 1 is 1.07 bits per heavy atom. The normalized spacial score (nSPS) is 27.7. The van der Waals surface area contributed by atoms with Crippen LogP contribution in [-0.2, 0) is 11.3 Å². The summed E-state index contributed by atoms with van der Waals surface area (Å²) in [6.45, 7) is 10.4. The molecule has 2 aromatic carbocycles. The molecule has 0 aliphatic heterocycles. The van der Waals surface area contributed by atoms with Crippen LogP contribution in [0.1, 0.15) is 64.1 Å².